The van der Waals surface area contributed by atoms with Crippen LogP contribution in [-0.2, 0) is 11.2 Å². The van der Waals surface area contributed by atoms with Gasteiger partial charge in [0.2, 0.25) is 5.78 Å². The molecule has 1 N–H and O–H groups in total. The minimum absolute atomic E-state index is 0.0734. The largest absolute Gasteiger partial charge is 0.352 e. The summed E-state index contributed by atoms with van der Waals surface area (Å²) in [5.74, 6) is 0.0579. The van der Waals surface area contributed by atoms with Crippen molar-refractivity contribution in [2.24, 2.45) is 0 Å². The van der Waals surface area contributed by atoms with E-state index in [4.69, 9.17) is 0 Å². The number of aromatic amines is 1. The molecule has 3 aromatic rings. The molecular weight excluding hydrogens is 274 g/mol. The van der Waals surface area contributed by atoms with E-state index in [0.717, 1.165) is 16.5 Å². The van der Waals surface area contributed by atoms with Gasteiger partial charge in [-0.15, -0.1) is 0 Å². The highest BCUT2D eigenvalue weighted by atomic mass is 16.1. The second-order valence-electron chi connectivity index (χ2n) is 5.29. The Balaban J connectivity index is 2.14. The fourth-order valence-electron chi connectivity index (χ4n) is 2.63. The average molecular weight is 291 g/mol. The summed E-state index contributed by atoms with van der Waals surface area (Å²) in [6, 6.07) is 16.9. The summed E-state index contributed by atoms with van der Waals surface area (Å²) >= 11 is 0. The third-order valence-corrected chi connectivity index (χ3v) is 3.84. The van der Waals surface area contributed by atoms with E-state index in [0.29, 0.717) is 17.7 Å². The molecule has 0 saturated carbocycles. The lowest BCUT2D eigenvalue weighted by molar-refractivity contribution is -0.118. The van der Waals surface area contributed by atoms with Crippen LogP contribution in [-0.4, -0.2) is 16.6 Å². The van der Waals surface area contributed by atoms with E-state index in [1.54, 1.807) is 12.1 Å². The van der Waals surface area contributed by atoms with Crippen LogP contribution in [0.2, 0.25) is 0 Å². The molecule has 0 saturated heterocycles. The van der Waals surface area contributed by atoms with Gasteiger partial charge in [-0.2, -0.15) is 0 Å². The van der Waals surface area contributed by atoms with Gasteiger partial charge in [0.05, 0.1) is 5.69 Å². The summed E-state index contributed by atoms with van der Waals surface area (Å²) in [6.45, 7) is 1.84. The molecule has 3 nitrogen and oxygen atoms in total. The Morgan fingerprint density at radius 3 is 2.36 bits per heavy atom. The first kappa shape index (κ1) is 14.3. The lowest BCUT2D eigenvalue weighted by atomic mass is 9.99. The zero-order valence-electron chi connectivity index (χ0n) is 12.4. The number of carbonyl (C=O) groups is 2. The zero-order valence-corrected chi connectivity index (χ0v) is 12.4. The number of ketones is 2. The summed E-state index contributed by atoms with van der Waals surface area (Å²) in [7, 11) is 0. The van der Waals surface area contributed by atoms with E-state index in [-0.39, 0.29) is 18.0 Å². The molecule has 110 valence electrons. The maximum Gasteiger partial charge on any atom is 0.209 e. The molecule has 1 heterocycles. The van der Waals surface area contributed by atoms with Gasteiger partial charge in [-0.1, -0.05) is 55.5 Å². The second kappa shape index (κ2) is 5.98. The number of carbonyl (C=O) groups excluding carboxylic acids is 2. The summed E-state index contributed by atoms with van der Waals surface area (Å²) in [5, 5.41) is 0.948. The van der Waals surface area contributed by atoms with Crippen LogP contribution in [0.15, 0.2) is 54.6 Å². The Morgan fingerprint density at radius 2 is 1.64 bits per heavy atom. The lowest BCUT2D eigenvalue weighted by Crippen LogP contribution is -2.08. The monoisotopic (exact) mass is 291 g/mol. The Kier molecular flexibility index (Phi) is 3.88. The lowest BCUT2D eigenvalue weighted by Gasteiger charge is -2.03. The topological polar surface area (TPSA) is 49.9 Å². The van der Waals surface area contributed by atoms with Crippen molar-refractivity contribution in [3.8, 4) is 0 Å². The van der Waals surface area contributed by atoms with Gasteiger partial charge in [-0.05, 0) is 11.6 Å². The second-order valence-corrected chi connectivity index (χ2v) is 5.29. The van der Waals surface area contributed by atoms with Crippen LogP contribution < -0.4 is 0 Å². The van der Waals surface area contributed by atoms with Crippen molar-refractivity contribution < 1.29 is 9.59 Å². The van der Waals surface area contributed by atoms with Gasteiger partial charge < -0.3 is 4.98 Å². The molecule has 0 aliphatic rings. The fraction of sp³-hybridized carbons (Fsp3) is 0.158. The fourth-order valence-corrected chi connectivity index (χ4v) is 2.63. The first-order chi connectivity index (χ1) is 10.7. The predicted molar refractivity (Wildman–Crippen MR) is 87.2 cm³/mol. The Labute approximate surface area is 129 Å². The van der Waals surface area contributed by atoms with E-state index < -0.39 is 0 Å². The highest BCUT2D eigenvalue weighted by molar-refractivity contribution is 6.12. The van der Waals surface area contributed by atoms with Crippen LogP contribution in [0.4, 0.5) is 0 Å². The van der Waals surface area contributed by atoms with Crippen LogP contribution >= 0.6 is 0 Å². The molecule has 2 aromatic carbocycles. The summed E-state index contributed by atoms with van der Waals surface area (Å²) < 4.78 is 0. The molecule has 3 heteroatoms. The third kappa shape index (κ3) is 2.58. The smallest absolute Gasteiger partial charge is 0.209 e. The first-order valence-electron chi connectivity index (χ1n) is 7.41. The molecule has 1 aromatic heterocycles. The van der Waals surface area contributed by atoms with Crippen LogP contribution in [0.3, 0.4) is 0 Å². The normalized spacial score (nSPS) is 10.8. The molecule has 0 amide bonds. The van der Waals surface area contributed by atoms with Crippen molar-refractivity contribution in [1.82, 2.24) is 4.98 Å². The number of hydrogen-bond donors (Lipinski definition) is 1. The first-order valence-corrected chi connectivity index (χ1v) is 7.41. The molecule has 3 rings (SSSR count). The van der Waals surface area contributed by atoms with Crippen molar-refractivity contribution in [3.63, 3.8) is 0 Å². The number of rotatable bonds is 5. The van der Waals surface area contributed by atoms with Crippen LogP contribution in [0, 0.1) is 0 Å². The molecular formula is C19H17NO2. The van der Waals surface area contributed by atoms with Crippen molar-refractivity contribution in [1.29, 1.82) is 0 Å². The highest BCUT2D eigenvalue weighted by Gasteiger charge is 2.20. The van der Waals surface area contributed by atoms with Crippen LogP contribution in [0.5, 0.6) is 0 Å². The number of aromatic nitrogens is 1. The van der Waals surface area contributed by atoms with Crippen molar-refractivity contribution >= 4 is 22.5 Å². The van der Waals surface area contributed by atoms with E-state index >= 15 is 0 Å². The number of Topliss-reactive ketones (excluding diaryl/α,β-unsaturated/α-hetero) is 1. The van der Waals surface area contributed by atoms with Gasteiger partial charge in [0, 0.05) is 29.3 Å². The number of H-pyrrole nitrogens is 1. The van der Waals surface area contributed by atoms with Crippen LogP contribution in [0.1, 0.15) is 35.0 Å². The molecule has 0 radical (unpaired) electrons. The Hall–Kier alpha value is -2.68. The Bertz CT molecular complexity index is 831. The maximum atomic E-state index is 12.8. The third-order valence-electron chi connectivity index (χ3n) is 3.84. The van der Waals surface area contributed by atoms with E-state index in [9.17, 15) is 9.59 Å². The molecule has 0 unspecified atom stereocenters. The summed E-state index contributed by atoms with van der Waals surface area (Å²) in [4.78, 5) is 27.9. The van der Waals surface area contributed by atoms with Gasteiger partial charge in [0.25, 0.3) is 0 Å². The molecule has 22 heavy (non-hydrogen) atoms. The average Bonchev–Trinajstić information content (AvgIpc) is 2.93. The molecule has 0 aliphatic carbocycles. The van der Waals surface area contributed by atoms with Gasteiger partial charge in [-0.25, -0.2) is 0 Å². The summed E-state index contributed by atoms with van der Waals surface area (Å²) in [5.41, 5.74) is 2.84. The van der Waals surface area contributed by atoms with Gasteiger partial charge in [-0.3, -0.25) is 9.59 Å². The molecule has 0 atom stereocenters. The van der Waals surface area contributed by atoms with E-state index in [1.165, 1.54) is 0 Å². The molecule has 0 bridgehead atoms. The minimum atomic E-state index is -0.0734. The minimum Gasteiger partial charge on any atom is -0.352 e. The number of nitrogens with one attached hydrogen (secondary N) is 1. The van der Waals surface area contributed by atoms with Gasteiger partial charge in [0.1, 0.15) is 5.78 Å². The van der Waals surface area contributed by atoms with E-state index in [1.807, 2.05) is 49.4 Å². The number of fused-ring (bicyclic) bond motifs is 1. The maximum absolute atomic E-state index is 12.8. The molecule has 0 aliphatic heterocycles. The van der Waals surface area contributed by atoms with Crippen molar-refractivity contribution in [2.45, 2.75) is 19.8 Å². The zero-order chi connectivity index (χ0) is 15.5. The van der Waals surface area contributed by atoms with Crippen molar-refractivity contribution in [2.75, 3.05) is 0 Å². The van der Waals surface area contributed by atoms with Gasteiger partial charge >= 0.3 is 0 Å². The Morgan fingerprint density at radius 1 is 0.955 bits per heavy atom. The molecule has 0 spiro atoms. The van der Waals surface area contributed by atoms with Gasteiger partial charge in [0.15, 0.2) is 0 Å². The number of hydrogen-bond acceptors (Lipinski definition) is 2. The standard InChI is InChI=1S/C19H17NO2/c1-2-14(21)12-16-15-10-6-7-11-17(15)20-18(16)19(22)13-8-4-3-5-9-13/h3-11,20H,2,12H2,1H3. The summed E-state index contributed by atoms with van der Waals surface area (Å²) in [6.07, 6.45) is 0.757. The molecule has 0 fully saturated rings. The van der Waals surface area contributed by atoms with E-state index in [2.05, 4.69) is 4.98 Å². The van der Waals surface area contributed by atoms with Crippen LogP contribution in [0.25, 0.3) is 10.9 Å². The number of benzene rings is 2. The highest BCUT2D eigenvalue weighted by Crippen LogP contribution is 2.25. The van der Waals surface area contributed by atoms with Crippen molar-refractivity contribution in [3.05, 3.63) is 71.4 Å². The quantitative estimate of drug-likeness (QED) is 0.724. The predicted octanol–water partition coefficient (Wildman–Crippen LogP) is 3.92. The number of para-hydroxylation sites is 1. The SMILES string of the molecule is CCC(=O)Cc1c(C(=O)c2ccccc2)[nH]c2ccccc12.